The Hall–Kier alpha value is -1.79. The van der Waals surface area contributed by atoms with Crippen LogP contribution in [0.25, 0.3) is 0 Å². The molecule has 0 saturated carbocycles. The molecular weight excluding hydrogens is 452 g/mol. The first-order valence-electron chi connectivity index (χ1n) is 11.9. The molecule has 2 aliphatic heterocycles. The first-order valence-corrected chi connectivity index (χ1v) is 13.9. The van der Waals surface area contributed by atoms with Crippen LogP contribution in [0, 0.1) is 0 Å². The van der Waals surface area contributed by atoms with Gasteiger partial charge in [-0.3, -0.25) is 0 Å². The molecule has 0 amide bonds. The molecule has 0 N–H and O–H groups in total. The molecule has 2 aliphatic rings. The highest BCUT2D eigenvalue weighted by Gasteiger charge is 2.36. The molecule has 2 aromatic rings. The minimum atomic E-state index is -0.287. The molecule has 178 valence electrons. The third-order valence-corrected chi connectivity index (χ3v) is 9.75. The summed E-state index contributed by atoms with van der Waals surface area (Å²) in [6, 6.07) is 13.9. The van der Waals surface area contributed by atoms with Gasteiger partial charge < -0.3 is 14.2 Å². The molecular formula is C27H34O4S2. The smallest absolute Gasteiger partial charge is 0.342 e. The SMILES string of the molecule is COc1cc(OCc2ccccc2)cc2c1C(=O)O[C@@H](C)CC1(CCCCC2)SCCCS1. The van der Waals surface area contributed by atoms with Crippen molar-refractivity contribution in [1.82, 2.24) is 0 Å². The Kier molecular flexibility index (Phi) is 8.53. The van der Waals surface area contributed by atoms with Crippen LogP contribution in [0.5, 0.6) is 11.5 Å². The van der Waals surface area contributed by atoms with Gasteiger partial charge in [-0.05, 0) is 61.3 Å². The molecule has 0 aromatic heterocycles. The fourth-order valence-corrected chi connectivity index (χ4v) is 8.27. The van der Waals surface area contributed by atoms with Crippen LogP contribution in [0.2, 0.25) is 0 Å². The third kappa shape index (κ3) is 6.42. The van der Waals surface area contributed by atoms with Gasteiger partial charge in [0.15, 0.2) is 0 Å². The number of carbonyl (C=O) groups is 1. The summed E-state index contributed by atoms with van der Waals surface area (Å²) < 4.78 is 17.9. The molecule has 4 rings (SSSR count). The van der Waals surface area contributed by atoms with Gasteiger partial charge in [0.2, 0.25) is 0 Å². The maximum atomic E-state index is 13.3. The lowest BCUT2D eigenvalue weighted by Crippen LogP contribution is -2.32. The van der Waals surface area contributed by atoms with Crippen LogP contribution in [-0.2, 0) is 17.8 Å². The number of hydrogen-bond acceptors (Lipinski definition) is 6. The lowest BCUT2D eigenvalue weighted by Gasteiger charge is -2.38. The van der Waals surface area contributed by atoms with E-state index < -0.39 is 0 Å². The second-order valence-electron chi connectivity index (χ2n) is 8.88. The molecule has 4 nitrogen and oxygen atoms in total. The molecule has 1 spiro atoms. The zero-order chi connectivity index (χ0) is 23.1. The van der Waals surface area contributed by atoms with Crippen LogP contribution in [0.4, 0.5) is 0 Å². The molecule has 6 heteroatoms. The van der Waals surface area contributed by atoms with E-state index in [0.29, 0.717) is 17.9 Å². The fraction of sp³-hybridized carbons (Fsp3) is 0.519. The Labute approximate surface area is 206 Å². The van der Waals surface area contributed by atoms with Crippen LogP contribution in [0.15, 0.2) is 42.5 Å². The van der Waals surface area contributed by atoms with Gasteiger partial charge in [-0.2, -0.15) is 0 Å². The quantitative estimate of drug-likeness (QED) is 0.438. The molecule has 0 bridgehead atoms. The number of aryl methyl sites for hydroxylation is 1. The van der Waals surface area contributed by atoms with Crippen molar-refractivity contribution in [1.29, 1.82) is 0 Å². The number of rotatable bonds is 4. The Balaban J connectivity index is 1.56. The number of hydrogen-bond donors (Lipinski definition) is 0. The maximum Gasteiger partial charge on any atom is 0.342 e. The van der Waals surface area contributed by atoms with Crippen molar-refractivity contribution in [2.75, 3.05) is 18.6 Å². The first kappa shape index (κ1) is 24.3. The summed E-state index contributed by atoms with van der Waals surface area (Å²) in [7, 11) is 1.60. The summed E-state index contributed by atoms with van der Waals surface area (Å²) in [5.41, 5.74) is 2.60. The number of fused-ring (bicyclic) bond motifs is 1. The molecule has 0 aliphatic carbocycles. The number of benzene rings is 2. The van der Waals surface area contributed by atoms with E-state index >= 15 is 0 Å². The van der Waals surface area contributed by atoms with E-state index in [1.807, 2.05) is 49.4 Å². The third-order valence-electron chi connectivity index (χ3n) is 6.26. The molecule has 1 atom stereocenters. The van der Waals surface area contributed by atoms with E-state index in [2.05, 4.69) is 23.5 Å². The Morgan fingerprint density at radius 2 is 1.85 bits per heavy atom. The summed E-state index contributed by atoms with van der Waals surface area (Å²) in [5, 5.41) is 0. The number of methoxy groups -OCH3 is 1. The van der Waals surface area contributed by atoms with Gasteiger partial charge in [0, 0.05) is 12.5 Å². The highest BCUT2D eigenvalue weighted by Crippen LogP contribution is 2.49. The minimum Gasteiger partial charge on any atom is -0.496 e. The van der Waals surface area contributed by atoms with Crippen molar-refractivity contribution in [3.05, 3.63) is 59.2 Å². The zero-order valence-electron chi connectivity index (χ0n) is 19.6. The van der Waals surface area contributed by atoms with Crippen LogP contribution < -0.4 is 9.47 Å². The molecule has 2 aromatic carbocycles. The van der Waals surface area contributed by atoms with Crippen LogP contribution in [0.3, 0.4) is 0 Å². The monoisotopic (exact) mass is 486 g/mol. The van der Waals surface area contributed by atoms with Crippen molar-refractivity contribution in [3.8, 4) is 11.5 Å². The van der Waals surface area contributed by atoms with Gasteiger partial charge in [0.1, 0.15) is 29.8 Å². The number of thioether (sulfide) groups is 2. The Morgan fingerprint density at radius 1 is 1.06 bits per heavy atom. The van der Waals surface area contributed by atoms with E-state index in [0.717, 1.165) is 42.6 Å². The Bertz CT molecular complexity index is 925. The zero-order valence-corrected chi connectivity index (χ0v) is 21.3. The minimum absolute atomic E-state index is 0.137. The topological polar surface area (TPSA) is 44.8 Å². The average Bonchev–Trinajstić information content (AvgIpc) is 2.82. The largest absolute Gasteiger partial charge is 0.496 e. The number of carbonyl (C=O) groups excluding carboxylic acids is 1. The standard InChI is InChI=1S/C27H34O4S2/c1-20-18-27(32-14-9-15-33-27)13-8-4-7-12-22-16-23(30-19-21-10-5-3-6-11-21)17-24(29-2)25(22)26(28)31-20/h3,5-6,10-11,16-17,20H,4,7-9,12-15,18-19H2,1-2H3/t20-/m0/s1. The van der Waals surface area contributed by atoms with Crippen molar-refractivity contribution in [3.63, 3.8) is 0 Å². The lowest BCUT2D eigenvalue weighted by atomic mass is 9.98. The summed E-state index contributed by atoms with van der Waals surface area (Å²) in [5.74, 6) is 3.37. The highest BCUT2D eigenvalue weighted by atomic mass is 32.2. The second-order valence-corrected chi connectivity index (χ2v) is 12.1. The normalized spacial score (nSPS) is 21.3. The lowest BCUT2D eigenvalue weighted by molar-refractivity contribution is 0.0311. The van der Waals surface area contributed by atoms with Crippen molar-refractivity contribution >= 4 is 29.5 Å². The van der Waals surface area contributed by atoms with Crippen LogP contribution in [-0.4, -0.2) is 34.8 Å². The summed E-state index contributed by atoms with van der Waals surface area (Å²) in [6.07, 6.45) is 7.41. The number of cyclic esters (lactones) is 1. The predicted octanol–water partition coefficient (Wildman–Crippen LogP) is 6.89. The average molecular weight is 487 g/mol. The van der Waals surface area contributed by atoms with E-state index in [9.17, 15) is 4.79 Å². The Morgan fingerprint density at radius 3 is 2.61 bits per heavy atom. The van der Waals surface area contributed by atoms with E-state index in [1.165, 1.54) is 30.8 Å². The van der Waals surface area contributed by atoms with Gasteiger partial charge in [-0.15, -0.1) is 23.5 Å². The van der Waals surface area contributed by atoms with Gasteiger partial charge in [0.25, 0.3) is 0 Å². The van der Waals surface area contributed by atoms with E-state index in [4.69, 9.17) is 14.2 Å². The first-order chi connectivity index (χ1) is 16.1. The number of ether oxygens (including phenoxy) is 3. The molecule has 1 saturated heterocycles. The van der Waals surface area contributed by atoms with Gasteiger partial charge in [-0.25, -0.2) is 4.79 Å². The van der Waals surface area contributed by atoms with E-state index in [1.54, 1.807) is 7.11 Å². The maximum absolute atomic E-state index is 13.3. The van der Waals surface area contributed by atoms with Crippen LogP contribution >= 0.6 is 23.5 Å². The molecule has 0 radical (unpaired) electrons. The summed E-state index contributed by atoms with van der Waals surface area (Å²) in [6.45, 7) is 2.51. The molecule has 33 heavy (non-hydrogen) atoms. The van der Waals surface area contributed by atoms with E-state index in [-0.39, 0.29) is 16.2 Å². The predicted molar refractivity (Wildman–Crippen MR) is 138 cm³/mol. The van der Waals surface area contributed by atoms with Gasteiger partial charge >= 0.3 is 5.97 Å². The summed E-state index contributed by atoms with van der Waals surface area (Å²) >= 11 is 4.14. The number of esters is 1. The van der Waals surface area contributed by atoms with Gasteiger partial charge in [0.05, 0.1) is 11.2 Å². The van der Waals surface area contributed by atoms with Crippen molar-refractivity contribution in [2.24, 2.45) is 0 Å². The van der Waals surface area contributed by atoms with Crippen LogP contribution in [0.1, 0.15) is 66.9 Å². The summed E-state index contributed by atoms with van der Waals surface area (Å²) in [4.78, 5) is 13.3. The molecule has 0 unspecified atom stereocenters. The van der Waals surface area contributed by atoms with Crippen molar-refractivity contribution < 1.29 is 19.0 Å². The second kappa shape index (κ2) is 11.6. The highest BCUT2D eigenvalue weighted by molar-refractivity contribution is 8.18. The van der Waals surface area contributed by atoms with Crippen molar-refractivity contribution in [2.45, 2.75) is 68.7 Å². The molecule has 2 heterocycles. The van der Waals surface area contributed by atoms with Gasteiger partial charge in [-0.1, -0.05) is 43.2 Å². The molecule has 1 fully saturated rings. The fourth-order valence-electron chi connectivity index (χ4n) is 4.65.